The van der Waals surface area contributed by atoms with E-state index in [4.69, 9.17) is 9.47 Å². The molecule has 0 aromatic heterocycles. The number of esters is 2. The van der Waals surface area contributed by atoms with Gasteiger partial charge in [-0.15, -0.1) is 0 Å². The van der Waals surface area contributed by atoms with Crippen LogP contribution in [0.15, 0.2) is 0 Å². The summed E-state index contributed by atoms with van der Waals surface area (Å²) in [7, 11) is 0. The minimum Gasteiger partial charge on any atom is -0.465 e. The molecule has 0 aliphatic rings. The van der Waals surface area contributed by atoms with Gasteiger partial charge < -0.3 is 9.47 Å². The van der Waals surface area contributed by atoms with E-state index in [1.54, 1.807) is 13.8 Å². The zero-order valence-corrected chi connectivity index (χ0v) is 13.0. The topological polar surface area (TPSA) is 52.6 Å². The molecule has 0 spiro atoms. The monoisotopic (exact) mass is 272 g/mol. The summed E-state index contributed by atoms with van der Waals surface area (Å²) in [5, 5.41) is 0. The number of hydrogen-bond acceptors (Lipinski definition) is 4. The highest BCUT2D eigenvalue weighted by Gasteiger charge is 2.48. The fraction of sp³-hybridized carbons (Fsp3) is 0.867. The van der Waals surface area contributed by atoms with Crippen LogP contribution in [-0.4, -0.2) is 25.2 Å². The van der Waals surface area contributed by atoms with E-state index in [9.17, 15) is 9.59 Å². The van der Waals surface area contributed by atoms with E-state index in [0.717, 1.165) is 12.8 Å². The summed E-state index contributed by atoms with van der Waals surface area (Å²) in [6.45, 7) is 10.1. The van der Waals surface area contributed by atoms with Gasteiger partial charge in [0.1, 0.15) is 0 Å². The fourth-order valence-corrected chi connectivity index (χ4v) is 2.26. The predicted molar refractivity (Wildman–Crippen MR) is 74.7 cm³/mol. The Kier molecular flexibility index (Phi) is 8.44. The standard InChI is InChI=1S/C15H28O4/c1-6-10-15(11-12(5)7-2,13(16)18-8-3)14(17)19-9-4/h12H,6-11H2,1-5H3. The van der Waals surface area contributed by atoms with Crippen molar-refractivity contribution in [2.45, 2.75) is 60.3 Å². The van der Waals surface area contributed by atoms with Crippen molar-refractivity contribution in [2.24, 2.45) is 11.3 Å². The summed E-state index contributed by atoms with van der Waals surface area (Å²) >= 11 is 0. The summed E-state index contributed by atoms with van der Waals surface area (Å²) in [5.41, 5.74) is -1.13. The third-order valence-corrected chi connectivity index (χ3v) is 3.40. The van der Waals surface area contributed by atoms with Crippen LogP contribution in [0.25, 0.3) is 0 Å². The third-order valence-electron chi connectivity index (χ3n) is 3.40. The minimum absolute atomic E-state index is 0.278. The summed E-state index contributed by atoms with van der Waals surface area (Å²) in [5.74, 6) is -0.591. The molecule has 0 aromatic carbocycles. The summed E-state index contributed by atoms with van der Waals surface area (Å²) in [6.07, 6.45) is 2.64. The molecular weight excluding hydrogens is 244 g/mol. The van der Waals surface area contributed by atoms with Gasteiger partial charge in [-0.05, 0) is 32.6 Å². The lowest BCUT2D eigenvalue weighted by atomic mass is 9.75. The van der Waals surface area contributed by atoms with E-state index in [-0.39, 0.29) is 19.1 Å². The zero-order chi connectivity index (χ0) is 14.9. The van der Waals surface area contributed by atoms with Crippen molar-refractivity contribution in [1.29, 1.82) is 0 Å². The highest BCUT2D eigenvalue weighted by molar-refractivity contribution is 6.00. The molecule has 0 aromatic rings. The van der Waals surface area contributed by atoms with Crippen molar-refractivity contribution in [3.05, 3.63) is 0 Å². The molecule has 0 bridgehead atoms. The zero-order valence-electron chi connectivity index (χ0n) is 13.0. The van der Waals surface area contributed by atoms with Gasteiger partial charge in [0.25, 0.3) is 0 Å². The SMILES string of the molecule is CCCC(CC(C)CC)(C(=O)OCC)C(=O)OCC. The molecule has 0 amide bonds. The van der Waals surface area contributed by atoms with Gasteiger partial charge in [-0.2, -0.15) is 0 Å². The molecule has 0 fully saturated rings. The Labute approximate surface area is 116 Å². The van der Waals surface area contributed by atoms with Crippen molar-refractivity contribution in [1.82, 2.24) is 0 Å². The molecule has 0 aliphatic carbocycles. The van der Waals surface area contributed by atoms with E-state index in [1.807, 2.05) is 13.8 Å². The first-order valence-corrected chi connectivity index (χ1v) is 7.32. The molecule has 1 unspecified atom stereocenters. The van der Waals surface area contributed by atoms with Crippen molar-refractivity contribution < 1.29 is 19.1 Å². The van der Waals surface area contributed by atoms with Gasteiger partial charge >= 0.3 is 11.9 Å². The van der Waals surface area contributed by atoms with Crippen LogP contribution >= 0.6 is 0 Å². The van der Waals surface area contributed by atoms with Crippen LogP contribution in [0, 0.1) is 11.3 Å². The van der Waals surface area contributed by atoms with E-state index < -0.39 is 17.4 Å². The Morgan fingerprint density at radius 1 is 1.00 bits per heavy atom. The predicted octanol–water partition coefficient (Wildman–Crippen LogP) is 3.34. The number of carbonyl (C=O) groups is 2. The smallest absolute Gasteiger partial charge is 0.323 e. The molecular formula is C15H28O4. The van der Waals surface area contributed by atoms with Gasteiger partial charge in [-0.1, -0.05) is 33.6 Å². The number of rotatable bonds is 9. The average Bonchev–Trinajstić information content (AvgIpc) is 2.38. The van der Waals surface area contributed by atoms with Crippen molar-refractivity contribution in [3.8, 4) is 0 Å². The Hall–Kier alpha value is -1.06. The summed E-state index contributed by atoms with van der Waals surface area (Å²) in [4.78, 5) is 24.6. The van der Waals surface area contributed by atoms with Crippen LogP contribution in [0.2, 0.25) is 0 Å². The number of hydrogen-bond donors (Lipinski definition) is 0. The molecule has 4 nitrogen and oxygen atoms in total. The molecule has 0 radical (unpaired) electrons. The van der Waals surface area contributed by atoms with Gasteiger partial charge in [0, 0.05) is 0 Å². The van der Waals surface area contributed by atoms with Crippen LogP contribution in [-0.2, 0) is 19.1 Å². The van der Waals surface area contributed by atoms with Crippen LogP contribution in [0.5, 0.6) is 0 Å². The molecule has 0 saturated heterocycles. The lowest BCUT2D eigenvalue weighted by molar-refractivity contribution is -0.174. The van der Waals surface area contributed by atoms with Crippen molar-refractivity contribution in [3.63, 3.8) is 0 Å². The molecule has 0 rings (SSSR count). The van der Waals surface area contributed by atoms with E-state index in [0.29, 0.717) is 12.8 Å². The van der Waals surface area contributed by atoms with Gasteiger partial charge in [0.2, 0.25) is 0 Å². The molecule has 19 heavy (non-hydrogen) atoms. The van der Waals surface area contributed by atoms with Crippen molar-refractivity contribution in [2.75, 3.05) is 13.2 Å². The first kappa shape index (κ1) is 17.9. The van der Waals surface area contributed by atoms with Crippen LogP contribution in [0.4, 0.5) is 0 Å². The molecule has 0 saturated carbocycles. The molecule has 0 aliphatic heterocycles. The Bertz CT molecular complexity index is 268. The quantitative estimate of drug-likeness (QED) is 0.477. The van der Waals surface area contributed by atoms with Gasteiger partial charge in [0.15, 0.2) is 5.41 Å². The lowest BCUT2D eigenvalue weighted by Gasteiger charge is -2.31. The minimum atomic E-state index is -1.13. The van der Waals surface area contributed by atoms with E-state index >= 15 is 0 Å². The van der Waals surface area contributed by atoms with E-state index in [1.165, 1.54) is 0 Å². The number of carbonyl (C=O) groups excluding carboxylic acids is 2. The molecule has 112 valence electrons. The van der Waals surface area contributed by atoms with E-state index in [2.05, 4.69) is 6.92 Å². The second kappa shape index (κ2) is 8.94. The largest absolute Gasteiger partial charge is 0.465 e. The van der Waals surface area contributed by atoms with Crippen LogP contribution in [0.1, 0.15) is 60.3 Å². The van der Waals surface area contributed by atoms with Crippen LogP contribution < -0.4 is 0 Å². The molecule has 4 heteroatoms. The van der Waals surface area contributed by atoms with Crippen molar-refractivity contribution >= 4 is 11.9 Å². The maximum Gasteiger partial charge on any atom is 0.323 e. The highest BCUT2D eigenvalue weighted by Crippen LogP contribution is 2.36. The third kappa shape index (κ3) is 4.84. The normalized spacial score (nSPS) is 12.9. The maximum atomic E-state index is 12.3. The van der Waals surface area contributed by atoms with Gasteiger partial charge in [-0.25, -0.2) is 0 Å². The molecule has 0 N–H and O–H groups in total. The second-order valence-electron chi connectivity index (χ2n) is 4.99. The van der Waals surface area contributed by atoms with Gasteiger partial charge in [-0.3, -0.25) is 9.59 Å². The second-order valence-corrected chi connectivity index (χ2v) is 4.99. The van der Waals surface area contributed by atoms with Crippen LogP contribution in [0.3, 0.4) is 0 Å². The Morgan fingerprint density at radius 2 is 1.47 bits per heavy atom. The molecule has 0 heterocycles. The summed E-state index contributed by atoms with van der Waals surface area (Å²) in [6, 6.07) is 0. The first-order chi connectivity index (χ1) is 8.98. The lowest BCUT2D eigenvalue weighted by Crippen LogP contribution is -2.43. The number of ether oxygens (including phenoxy) is 2. The summed E-state index contributed by atoms with van der Waals surface area (Å²) < 4.78 is 10.3. The average molecular weight is 272 g/mol. The molecule has 1 atom stereocenters. The Balaban J connectivity index is 5.31. The first-order valence-electron chi connectivity index (χ1n) is 7.32. The Morgan fingerprint density at radius 3 is 1.79 bits per heavy atom. The fourth-order valence-electron chi connectivity index (χ4n) is 2.26. The maximum absolute atomic E-state index is 12.3. The highest BCUT2D eigenvalue weighted by atomic mass is 16.6. The van der Waals surface area contributed by atoms with Gasteiger partial charge in [0.05, 0.1) is 13.2 Å².